The number of carbonyl (C=O) groups is 1. The summed E-state index contributed by atoms with van der Waals surface area (Å²) in [7, 11) is 0. The smallest absolute Gasteiger partial charge is 0.303 e. The van der Waals surface area contributed by atoms with Crippen LogP contribution in [0.25, 0.3) is 0 Å². The summed E-state index contributed by atoms with van der Waals surface area (Å²) in [6.45, 7) is 3.77. The van der Waals surface area contributed by atoms with Gasteiger partial charge in [-0.05, 0) is 50.5 Å². The molecule has 24 heavy (non-hydrogen) atoms. The molecule has 0 fully saturated rings. The third kappa shape index (κ3) is 2.79. The van der Waals surface area contributed by atoms with Crippen molar-refractivity contribution in [2.24, 2.45) is 0 Å². The molecule has 1 aliphatic heterocycles. The van der Waals surface area contributed by atoms with Crippen molar-refractivity contribution in [2.75, 3.05) is 4.90 Å². The Hall–Kier alpha value is -2.30. The lowest BCUT2D eigenvalue weighted by Gasteiger charge is -2.43. The molecule has 126 valence electrons. The van der Waals surface area contributed by atoms with Crippen LogP contribution in [-0.4, -0.2) is 11.4 Å². The van der Waals surface area contributed by atoms with E-state index in [1.54, 1.807) is 12.1 Å². The van der Waals surface area contributed by atoms with Gasteiger partial charge in [0.05, 0.1) is 11.1 Å². The molecule has 1 aliphatic rings. The quantitative estimate of drug-likeness (QED) is 0.713. The van der Waals surface area contributed by atoms with Crippen LogP contribution in [0.3, 0.4) is 0 Å². The Morgan fingerprint density at radius 3 is 2.38 bits per heavy atom. The third-order valence-electron chi connectivity index (χ3n) is 4.51. The summed E-state index contributed by atoms with van der Waals surface area (Å²) in [5, 5.41) is 0. The summed E-state index contributed by atoms with van der Waals surface area (Å²) >= 11 is 0. The first-order chi connectivity index (χ1) is 11.2. The number of fused-ring (bicyclic) bond motifs is 1. The Morgan fingerprint density at radius 1 is 1.04 bits per heavy atom. The number of hydrogen-bond donors (Lipinski definition) is 0. The van der Waals surface area contributed by atoms with E-state index in [-0.39, 0.29) is 5.56 Å². The van der Waals surface area contributed by atoms with Gasteiger partial charge in [0.1, 0.15) is 0 Å². The van der Waals surface area contributed by atoms with Crippen molar-refractivity contribution in [3.05, 3.63) is 65.2 Å². The van der Waals surface area contributed by atoms with Gasteiger partial charge in [0.25, 0.3) is 5.91 Å². The zero-order valence-electron chi connectivity index (χ0n) is 13.5. The molecule has 0 N–H and O–H groups in total. The number of hydrogen-bond acceptors (Lipinski definition) is 1. The van der Waals surface area contributed by atoms with E-state index in [9.17, 15) is 18.0 Å². The molecule has 2 aromatic carbocycles. The highest BCUT2D eigenvalue weighted by Gasteiger charge is 2.41. The lowest BCUT2D eigenvalue weighted by molar-refractivity contribution is -0.137. The summed E-state index contributed by atoms with van der Waals surface area (Å²) in [5.74, 6) is -0.611. The van der Waals surface area contributed by atoms with Gasteiger partial charge in [-0.25, -0.2) is 0 Å². The Labute approximate surface area is 138 Å². The second kappa shape index (κ2) is 5.65. The molecule has 0 saturated heterocycles. The number of amides is 1. The van der Waals surface area contributed by atoms with Crippen molar-refractivity contribution < 1.29 is 18.0 Å². The molecule has 0 radical (unpaired) electrons. The van der Waals surface area contributed by atoms with Crippen LogP contribution in [0.15, 0.2) is 48.5 Å². The number of alkyl halides is 3. The topological polar surface area (TPSA) is 20.3 Å². The minimum Gasteiger partial charge on any atom is -0.303 e. The van der Waals surface area contributed by atoms with Crippen LogP contribution in [-0.2, 0) is 12.6 Å². The van der Waals surface area contributed by atoms with Gasteiger partial charge < -0.3 is 4.90 Å². The fourth-order valence-corrected chi connectivity index (χ4v) is 3.24. The number of anilines is 1. The summed E-state index contributed by atoms with van der Waals surface area (Å²) < 4.78 is 39.9. The molecule has 2 aromatic rings. The van der Waals surface area contributed by atoms with Crippen molar-refractivity contribution in [3.63, 3.8) is 0 Å². The van der Waals surface area contributed by atoms with E-state index in [0.717, 1.165) is 18.1 Å². The molecule has 3 rings (SSSR count). The summed E-state index contributed by atoms with van der Waals surface area (Å²) in [6.07, 6.45) is -3.07. The van der Waals surface area contributed by atoms with E-state index in [2.05, 4.69) is 0 Å². The molecule has 0 aliphatic carbocycles. The average Bonchev–Trinajstić information content (AvgIpc) is 2.53. The van der Waals surface area contributed by atoms with E-state index < -0.39 is 23.2 Å². The maximum atomic E-state index is 13.3. The summed E-state index contributed by atoms with van der Waals surface area (Å²) in [4.78, 5) is 14.6. The molecule has 0 unspecified atom stereocenters. The number of aryl methyl sites for hydroxylation is 1. The monoisotopic (exact) mass is 333 g/mol. The van der Waals surface area contributed by atoms with Crippen LogP contribution in [0, 0.1) is 0 Å². The van der Waals surface area contributed by atoms with Gasteiger partial charge in [0.2, 0.25) is 0 Å². The number of benzene rings is 2. The fraction of sp³-hybridized carbons (Fsp3) is 0.316. The lowest BCUT2D eigenvalue weighted by atomic mass is 9.86. The first-order valence-corrected chi connectivity index (χ1v) is 7.80. The number of nitrogens with zero attached hydrogens (tertiary/aromatic N) is 1. The number of halogens is 3. The predicted octanol–water partition coefficient (Wildman–Crippen LogP) is 5.08. The zero-order chi connectivity index (χ0) is 17.5. The van der Waals surface area contributed by atoms with Crippen molar-refractivity contribution in [1.82, 2.24) is 0 Å². The van der Waals surface area contributed by atoms with Gasteiger partial charge in [-0.2, -0.15) is 13.2 Å². The largest absolute Gasteiger partial charge is 0.417 e. The van der Waals surface area contributed by atoms with Gasteiger partial charge in [-0.1, -0.05) is 30.3 Å². The molecular formula is C19H18F3NO. The average molecular weight is 333 g/mol. The van der Waals surface area contributed by atoms with Crippen LogP contribution < -0.4 is 4.90 Å². The van der Waals surface area contributed by atoms with Crippen LogP contribution in [0.2, 0.25) is 0 Å². The van der Waals surface area contributed by atoms with Gasteiger partial charge in [0.15, 0.2) is 0 Å². The SMILES string of the molecule is CC1(C)CCc2ccccc2N1C(=O)c1ccccc1C(F)(F)F. The van der Waals surface area contributed by atoms with Crippen LogP contribution >= 0.6 is 0 Å². The molecule has 2 nitrogen and oxygen atoms in total. The summed E-state index contributed by atoms with van der Waals surface area (Å²) in [5.41, 5.74) is -0.0848. The Balaban J connectivity index is 2.14. The molecule has 0 saturated carbocycles. The molecule has 0 spiro atoms. The maximum Gasteiger partial charge on any atom is 0.417 e. The van der Waals surface area contributed by atoms with Crippen molar-refractivity contribution in [2.45, 2.75) is 38.4 Å². The van der Waals surface area contributed by atoms with Crippen LogP contribution in [0.5, 0.6) is 0 Å². The van der Waals surface area contributed by atoms with Crippen molar-refractivity contribution in [1.29, 1.82) is 0 Å². The highest BCUT2D eigenvalue weighted by atomic mass is 19.4. The first-order valence-electron chi connectivity index (χ1n) is 7.80. The molecule has 1 amide bonds. The van der Waals surface area contributed by atoms with Gasteiger partial charge in [-0.15, -0.1) is 0 Å². The third-order valence-corrected chi connectivity index (χ3v) is 4.51. The summed E-state index contributed by atoms with van der Waals surface area (Å²) in [6, 6.07) is 12.4. The molecule has 0 aromatic heterocycles. The van der Waals surface area contributed by atoms with Gasteiger partial charge in [-0.3, -0.25) is 4.79 Å². The van der Waals surface area contributed by atoms with E-state index in [1.807, 2.05) is 26.0 Å². The molecule has 0 atom stereocenters. The van der Waals surface area contributed by atoms with Crippen molar-refractivity contribution >= 4 is 11.6 Å². The van der Waals surface area contributed by atoms with E-state index in [0.29, 0.717) is 12.1 Å². The first kappa shape index (κ1) is 16.6. The Kier molecular flexibility index (Phi) is 3.90. The second-order valence-corrected chi connectivity index (χ2v) is 6.63. The van der Waals surface area contributed by atoms with E-state index >= 15 is 0 Å². The van der Waals surface area contributed by atoms with E-state index in [1.165, 1.54) is 23.1 Å². The second-order valence-electron chi connectivity index (χ2n) is 6.63. The number of rotatable bonds is 1. The normalized spacial score (nSPS) is 16.6. The van der Waals surface area contributed by atoms with Gasteiger partial charge >= 0.3 is 6.18 Å². The number of para-hydroxylation sites is 1. The number of carbonyl (C=O) groups excluding carboxylic acids is 1. The van der Waals surface area contributed by atoms with Crippen LogP contribution in [0.4, 0.5) is 18.9 Å². The Morgan fingerprint density at radius 2 is 1.67 bits per heavy atom. The molecular weight excluding hydrogens is 315 g/mol. The van der Waals surface area contributed by atoms with Gasteiger partial charge in [0, 0.05) is 11.2 Å². The predicted molar refractivity (Wildman–Crippen MR) is 87.1 cm³/mol. The maximum absolute atomic E-state index is 13.3. The minimum absolute atomic E-state index is 0.310. The molecule has 0 bridgehead atoms. The van der Waals surface area contributed by atoms with Crippen LogP contribution in [0.1, 0.15) is 41.8 Å². The highest BCUT2D eigenvalue weighted by molar-refractivity contribution is 6.08. The van der Waals surface area contributed by atoms with E-state index in [4.69, 9.17) is 0 Å². The fourth-order valence-electron chi connectivity index (χ4n) is 3.24. The lowest BCUT2D eigenvalue weighted by Crippen LogP contribution is -2.51. The highest BCUT2D eigenvalue weighted by Crippen LogP contribution is 2.39. The zero-order valence-corrected chi connectivity index (χ0v) is 13.5. The minimum atomic E-state index is -4.56. The standard InChI is InChI=1S/C19H18F3NO/c1-18(2)12-11-13-7-3-6-10-16(13)23(18)17(24)14-8-4-5-9-15(14)19(20,21)22/h3-10H,11-12H2,1-2H3. The van der Waals surface area contributed by atoms with Crippen molar-refractivity contribution in [3.8, 4) is 0 Å². The Bertz CT molecular complexity index is 780. The molecule has 5 heteroatoms. The molecule has 1 heterocycles.